The van der Waals surface area contributed by atoms with Crippen molar-refractivity contribution in [1.29, 1.82) is 0 Å². The van der Waals surface area contributed by atoms with E-state index in [1.54, 1.807) is 0 Å². The van der Waals surface area contributed by atoms with Crippen molar-refractivity contribution in [2.75, 3.05) is 6.61 Å². The van der Waals surface area contributed by atoms with Crippen LogP contribution in [0.5, 0.6) is 0 Å². The third kappa shape index (κ3) is 2.34. The van der Waals surface area contributed by atoms with E-state index < -0.39 is 5.60 Å². The van der Waals surface area contributed by atoms with Gasteiger partial charge >= 0.3 is 0 Å². The monoisotopic (exact) mass is 298 g/mol. The van der Waals surface area contributed by atoms with E-state index in [1.165, 1.54) is 12.8 Å². The fourth-order valence-electron chi connectivity index (χ4n) is 4.92. The van der Waals surface area contributed by atoms with Crippen molar-refractivity contribution in [3.63, 3.8) is 0 Å². The lowest BCUT2D eigenvalue weighted by Gasteiger charge is -2.64. The molecule has 0 aromatic heterocycles. The Bertz CT molecular complexity index is 377. The smallest absolute Gasteiger partial charge is 0.131 e. The van der Waals surface area contributed by atoms with Crippen LogP contribution in [0, 0.1) is 29.1 Å². The first-order valence-corrected chi connectivity index (χ1v) is 9.15. The summed E-state index contributed by atoms with van der Waals surface area (Å²) < 4.78 is 6.11. The normalized spacial score (nSPS) is 45.5. The van der Waals surface area contributed by atoms with Gasteiger partial charge in [0.2, 0.25) is 0 Å². The molecule has 0 amide bonds. The van der Waals surface area contributed by atoms with Gasteiger partial charge in [0, 0.05) is 5.25 Å². The van der Waals surface area contributed by atoms with Gasteiger partial charge in [-0.25, -0.2) is 0 Å². The minimum absolute atomic E-state index is 0.0354. The summed E-state index contributed by atoms with van der Waals surface area (Å²) in [5.41, 5.74) is -0.203. The van der Waals surface area contributed by atoms with E-state index in [2.05, 4.69) is 27.7 Å². The zero-order chi connectivity index (χ0) is 14.7. The van der Waals surface area contributed by atoms with Gasteiger partial charge in [-0.2, -0.15) is 0 Å². The Morgan fingerprint density at radius 1 is 1.35 bits per heavy atom. The quantitative estimate of drug-likeness (QED) is 0.856. The van der Waals surface area contributed by atoms with E-state index >= 15 is 0 Å². The van der Waals surface area contributed by atoms with E-state index in [1.807, 2.05) is 18.7 Å². The average molecular weight is 298 g/mol. The zero-order valence-corrected chi connectivity index (χ0v) is 14.4. The molecule has 3 heteroatoms. The molecule has 0 aromatic rings. The van der Waals surface area contributed by atoms with Gasteiger partial charge in [-0.15, -0.1) is 11.8 Å². The number of hydrogen-bond acceptors (Lipinski definition) is 3. The molecule has 0 aromatic carbocycles. The second-order valence-electron chi connectivity index (χ2n) is 8.55. The van der Waals surface area contributed by atoms with Gasteiger partial charge < -0.3 is 9.84 Å². The molecule has 1 unspecified atom stereocenters. The van der Waals surface area contributed by atoms with Crippen LogP contribution in [-0.2, 0) is 4.74 Å². The summed E-state index contributed by atoms with van der Waals surface area (Å²) in [6.07, 6.45) is 3.56. The maximum absolute atomic E-state index is 10.7. The molecule has 6 atom stereocenters. The Morgan fingerprint density at radius 2 is 2.05 bits per heavy atom. The molecule has 3 saturated carbocycles. The molecule has 0 radical (unpaired) electrons. The SMILES string of the molecule is CC(C)C[C@](C)(O)C1OC[C@@H]2[C@H](C[C@H]3C[C@@H]2C3(C)C)S1. The van der Waals surface area contributed by atoms with Crippen molar-refractivity contribution in [1.82, 2.24) is 0 Å². The zero-order valence-electron chi connectivity index (χ0n) is 13.6. The maximum atomic E-state index is 10.7. The lowest BCUT2D eigenvalue weighted by atomic mass is 9.45. The maximum Gasteiger partial charge on any atom is 0.131 e. The molecule has 1 heterocycles. The molecule has 20 heavy (non-hydrogen) atoms. The van der Waals surface area contributed by atoms with Crippen molar-refractivity contribution < 1.29 is 9.84 Å². The average Bonchev–Trinajstić information content (AvgIpc) is 2.35. The van der Waals surface area contributed by atoms with Crippen molar-refractivity contribution in [2.45, 2.75) is 70.2 Å². The molecule has 116 valence electrons. The Morgan fingerprint density at radius 3 is 2.65 bits per heavy atom. The van der Waals surface area contributed by atoms with Crippen LogP contribution in [0.25, 0.3) is 0 Å². The van der Waals surface area contributed by atoms with Crippen LogP contribution in [-0.4, -0.2) is 28.0 Å². The molecule has 1 aliphatic heterocycles. The second kappa shape index (κ2) is 4.89. The molecule has 1 saturated heterocycles. The molecular formula is C17H30O2S. The number of rotatable bonds is 3. The first-order valence-electron chi connectivity index (χ1n) is 8.21. The summed E-state index contributed by atoms with van der Waals surface area (Å²) in [5, 5.41) is 11.4. The third-order valence-corrected chi connectivity index (χ3v) is 7.91. The standard InChI is InChI=1S/C17H30O2S/c1-10(2)8-17(5,18)15-19-9-12-13-6-11(16(13,3)4)7-14(12)20-15/h10-15,18H,6-9H2,1-5H3/t11-,12+,13+,14+,15?,17+/m1/s1. The van der Waals surface area contributed by atoms with Crippen LogP contribution < -0.4 is 0 Å². The molecule has 0 spiro atoms. The van der Waals surface area contributed by atoms with E-state index in [-0.39, 0.29) is 5.44 Å². The summed E-state index contributed by atoms with van der Waals surface area (Å²) in [4.78, 5) is 0. The first-order chi connectivity index (χ1) is 9.22. The lowest BCUT2D eigenvalue weighted by Crippen LogP contribution is -2.60. The van der Waals surface area contributed by atoms with Gasteiger partial charge in [0.15, 0.2) is 0 Å². The molecule has 1 N–H and O–H groups in total. The van der Waals surface area contributed by atoms with Crippen molar-refractivity contribution in [2.24, 2.45) is 29.1 Å². The fourth-order valence-corrected chi connectivity index (χ4v) is 6.60. The van der Waals surface area contributed by atoms with Crippen molar-refractivity contribution in [3.8, 4) is 0 Å². The van der Waals surface area contributed by atoms with Gasteiger partial charge in [0.25, 0.3) is 0 Å². The van der Waals surface area contributed by atoms with E-state index in [4.69, 9.17) is 4.74 Å². The molecule has 4 fully saturated rings. The van der Waals surface area contributed by atoms with Crippen molar-refractivity contribution in [3.05, 3.63) is 0 Å². The number of hydrogen-bond donors (Lipinski definition) is 1. The number of thioether (sulfide) groups is 1. The van der Waals surface area contributed by atoms with Crippen LogP contribution in [0.4, 0.5) is 0 Å². The molecular weight excluding hydrogens is 268 g/mol. The van der Waals surface area contributed by atoms with Crippen LogP contribution in [0.1, 0.15) is 53.9 Å². The van der Waals surface area contributed by atoms with Crippen LogP contribution in [0.15, 0.2) is 0 Å². The minimum Gasteiger partial charge on any atom is -0.387 e. The Hall–Kier alpha value is 0.270. The molecule has 4 rings (SSSR count). The summed E-state index contributed by atoms with van der Waals surface area (Å²) in [7, 11) is 0. The van der Waals surface area contributed by atoms with Crippen LogP contribution in [0.3, 0.4) is 0 Å². The predicted molar refractivity (Wildman–Crippen MR) is 84.7 cm³/mol. The summed E-state index contributed by atoms with van der Waals surface area (Å²) >= 11 is 1.93. The lowest BCUT2D eigenvalue weighted by molar-refractivity contribution is -0.147. The molecule has 2 bridgehead atoms. The van der Waals surface area contributed by atoms with E-state index in [0.29, 0.717) is 22.5 Å². The highest BCUT2D eigenvalue weighted by Crippen LogP contribution is 2.65. The largest absolute Gasteiger partial charge is 0.387 e. The number of ether oxygens (including phenoxy) is 1. The third-order valence-electron chi connectivity index (χ3n) is 6.13. The first kappa shape index (κ1) is 15.2. The highest BCUT2D eigenvalue weighted by atomic mass is 32.2. The van der Waals surface area contributed by atoms with Gasteiger partial charge in [-0.05, 0) is 55.3 Å². The molecule has 3 aliphatic carbocycles. The predicted octanol–water partition coefficient (Wildman–Crippen LogP) is 3.92. The number of aliphatic hydroxyl groups is 1. The minimum atomic E-state index is -0.693. The Labute approximate surface area is 128 Å². The van der Waals surface area contributed by atoms with Gasteiger partial charge in [-0.1, -0.05) is 27.7 Å². The molecule has 4 aliphatic rings. The summed E-state index contributed by atoms with van der Waals surface area (Å²) in [6.45, 7) is 12.0. The van der Waals surface area contributed by atoms with E-state index in [0.717, 1.165) is 24.9 Å². The Kier molecular flexibility index (Phi) is 3.71. The highest BCUT2D eigenvalue weighted by molar-refractivity contribution is 8.00. The van der Waals surface area contributed by atoms with Crippen LogP contribution >= 0.6 is 11.8 Å². The second-order valence-corrected chi connectivity index (χ2v) is 9.86. The van der Waals surface area contributed by atoms with Gasteiger partial charge in [0.05, 0.1) is 12.2 Å². The topological polar surface area (TPSA) is 29.5 Å². The Balaban J connectivity index is 1.66. The summed E-state index contributed by atoms with van der Waals surface area (Å²) in [5.74, 6) is 2.96. The molecule has 2 nitrogen and oxygen atoms in total. The fraction of sp³-hybridized carbons (Fsp3) is 1.00. The highest BCUT2D eigenvalue weighted by Gasteiger charge is 2.59. The van der Waals surface area contributed by atoms with Gasteiger partial charge in [0.1, 0.15) is 5.44 Å². The summed E-state index contributed by atoms with van der Waals surface area (Å²) in [6, 6.07) is 0. The van der Waals surface area contributed by atoms with Crippen molar-refractivity contribution >= 4 is 11.8 Å². The van der Waals surface area contributed by atoms with E-state index in [9.17, 15) is 5.11 Å². The van der Waals surface area contributed by atoms with Crippen LogP contribution in [0.2, 0.25) is 0 Å². The van der Waals surface area contributed by atoms with Gasteiger partial charge in [-0.3, -0.25) is 0 Å².